The molecule has 0 radical (unpaired) electrons. The second kappa shape index (κ2) is 8.37. The van der Waals surface area contributed by atoms with E-state index in [4.69, 9.17) is 20.8 Å². The molecule has 30 heavy (non-hydrogen) atoms. The smallest absolute Gasteiger partial charge is 0.248 e. The Kier molecular flexibility index (Phi) is 5.81. The van der Waals surface area contributed by atoms with Crippen molar-refractivity contribution in [1.29, 1.82) is 0 Å². The van der Waals surface area contributed by atoms with Crippen molar-refractivity contribution in [2.75, 3.05) is 20.2 Å². The first kappa shape index (κ1) is 20.8. The number of rotatable bonds is 5. The molecule has 1 aliphatic rings. The van der Waals surface area contributed by atoms with Gasteiger partial charge in [0.25, 0.3) is 0 Å². The van der Waals surface area contributed by atoms with Crippen molar-refractivity contribution in [2.24, 2.45) is 5.92 Å². The van der Waals surface area contributed by atoms with Crippen LogP contribution in [0, 0.1) is 5.92 Å². The SMILES string of the molecule is COc1ccc(-c2nnc(-c3ccc(Cl)c(S(=O)(=O)N4CCC(C)CC4)c3)o2)cc1. The van der Waals surface area contributed by atoms with Gasteiger partial charge < -0.3 is 9.15 Å². The van der Waals surface area contributed by atoms with Gasteiger partial charge in [0.15, 0.2) is 0 Å². The van der Waals surface area contributed by atoms with E-state index in [-0.39, 0.29) is 15.8 Å². The van der Waals surface area contributed by atoms with E-state index in [0.29, 0.717) is 30.5 Å². The second-order valence-electron chi connectivity index (χ2n) is 7.37. The third kappa shape index (κ3) is 4.08. The van der Waals surface area contributed by atoms with E-state index < -0.39 is 10.0 Å². The normalized spacial score (nSPS) is 16.0. The minimum absolute atomic E-state index is 0.0559. The number of aromatic nitrogens is 2. The molecule has 3 aromatic rings. The topological polar surface area (TPSA) is 85.5 Å². The van der Waals surface area contributed by atoms with Crippen molar-refractivity contribution in [1.82, 2.24) is 14.5 Å². The predicted molar refractivity (Wildman–Crippen MR) is 114 cm³/mol. The Morgan fingerprint density at radius 1 is 1.03 bits per heavy atom. The van der Waals surface area contributed by atoms with Gasteiger partial charge in [-0.15, -0.1) is 10.2 Å². The lowest BCUT2D eigenvalue weighted by atomic mass is 10.0. The Morgan fingerprint density at radius 2 is 1.63 bits per heavy atom. The maximum absolute atomic E-state index is 13.1. The number of ether oxygens (including phenoxy) is 1. The summed E-state index contributed by atoms with van der Waals surface area (Å²) in [5, 5.41) is 8.34. The number of piperidine rings is 1. The fourth-order valence-electron chi connectivity index (χ4n) is 3.39. The average Bonchev–Trinajstić information content (AvgIpc) is 3.24. The average molecular weight is 448 g/mol. The van der Waals surface area contributed by atoms with Crippen molar-refractivity contribution in [2.45, 2.75) is 24.7 Å². The first-order chi connectivity index (χ1) is 14.4. The van der Waals surface area contributed by atoms with Crippen molar-refractivity contribution >= 4 is 21.6 Å². The van der Waals surface area contributed by atoms with Crippen LogP contribution in [-0.2, 0) is 10.0 Å². The van der Waals surface area contributed by atoms with Crippen LogP contribution in [0.25, 0.3) is 22.9 Å². The van der Waals surface area contributed by atoms with Gasteiger partial charge in [-0.25, -0.2) is 8.42 Å². The molecule has 1 aliphatic heterocycles. The van der Waals surface area contributed by atoms with Gasteiger partial charge in [-0.1, -0.05) is 18.5 Å². The zero-order chi connectivity index (χ0) is 21.3. The fraction of sp³-hybridized carbons (Fsp3) is 0.333. The highest BCUT2D eigenvalue weighted by molar-refractivity contribution is 7.89. The molecule has 9 heteroatoms. The zero-order valence-electron chi connectivity index (χ0n) is 16.7. The molecule has 158 valence electrons. The first-order valence-corrected chi connectivity index (χ1v) is 11.5. The van der Waals surface area contributed by atoms with E-state index >= 15 is 0 Å². The third-order valence-electron chi connectivity index (χ3n) is 5.30. The zero-order valence-corrected chi connectivity index (χ0v) is 18.3. The summed E-state index contributed by atoms with van der Waals surface area (Å²) in [4.78, 5) is 0.0559. The van der Waals surface area contributed by atoms with Crippen LogP contribution in [-0.4, -0.2) is 43.1 Å². The minimum atomic E-state index is -3.70. The molecule has 0 N–H and O–H groups in total. The lowest BCUT2D eigenvalue weighted by molar-refractivity contribution is 0.288. The lowest BCUT2D eigenvalue weighted by Crippen LogP contribution is -2.38. The van der Waals surface area contributed by atoms with Crippen molar-refractivity contribution in [3.05, 3.63) is 47.5 Å². The maximum Gasteiger partial charge on any atom is 0.248 e. The monoisotopic (exact) mass is 447 g/mol. The van der Waals surface area contributed by atoms with Gasteiger partial charge in [-0.05, 0) is 61.2 Å². The van der Waals surface area contributed by atoms with Crippen LogP contribution in [0.15, 0.2) is 51.8 Å². The van der Waals surface area contributed by atoms with E-state index in [0.717, 1.165) is 24.2 Å². The number of benzene rings is 2. The fourth-order valence-corrected chi connectivity index (χ4v) is 5.36. The number of halogens is 1. The molecule has 1 saturated heterocycles. The standard InChI is InChI=1S/C21H22ClN3O4S/c1-14-9-11-25(12-10-14)30(26,27)19-13-16(5-8-18(19)22)21-24-23-20(29-21)15-3-6-17(28-2)7-4-15/h3-8,13-14H,9-12H2,1-2H3. The lowest BCUT2D eigenvalue weighted by Gasteiger charge is -2.29. The van der Waals surface area contributed by atoms with E-state index in [9.17, 15) is 8.42 Å². The molecule has 0 amide bonds. The van der Waals surface area contributed by atoms with E-state index in [2.05, 4.69) is 17.1 Å². The third-order valence-corrected chi connectivity index (χ3v) is 7.68. The molecule has 4 rings (SSSR count). The highest BCUT2D eigenvalue weighted by atomic mass is 35.5. The van der Waals surface area contributed by atoms with Crippen LogP contribution in [0.3, 0.4) is 0 Å². The van der Waals surface area contributed by atoms with Gasteiger partial charge in [-0.3, -0.25) is 0 Å². The molecule has 1 aromatic heterocycles. The number of methoxy groups -OCH3 is 1. The Balaban J connectivity index is 1.64. The summed E-state index contributed by atoms with van der Waals surface area (Å²) in [5.74, 6) is 1.80. The first-order valence-electron chi connectivity index (χ1n) is 9.66. The van der Waals surface area contributed by atoms with Crippen molar-refractivity contribution in [3.8, 4) is 28.7 Å². The Hall–Kier alpha value is -2.42. The molecule has 0 saturated carbocycles. The molecular formula is C21H22ClN3O4S. The van der Waals surface area contributed by atoms with Crippen LogP contribution in [0.1, 0.15) is 19.8 Å². The van der Waals surface area contributed by atoms with E-state index in [1.807, 2.05) is 12.1 Å². The quantitative estimate of drug-likeness (QED) is 0.573. The Bertz CT molecular complexity index is 1140. The predicted octanol–water partition coefficient (Wildman–Crippen LogP) is 4.49. The van der Waals surface area contributed by atoms with Crippen molar-refractivity contribution in [3.63, 3.8) is 0 Å². The molecule has 0 bridgehead atoms. The molecule has 0 unspecified atom stereocenters. The van der Waals surface area contributed by atoms with Gasteiger partial charge in [0.1, 0.15) is 10.6 Å². The van der Waals surface area contributed by atoms with Gasteiger partial charge in [0.05, 0.1) is 12.1 Å². The summed E-state index contributed by atoms with van der Waals surface area (Å²) < 4.78 is 38.7. The summed E-state index contributed by atoms with van der Waals surface area (Å²) >= 11 is 6.26. The molecule has 1 fully saturated rings. The second-order valence-corrected chi connectivity index (χ2v) is 9.69. The van der Waals surface area contributed by atoms with Crippen LogP contribution < -0.4 is 4.74 Å². The highest BCUT2D eigenvalue weighted by Gasteiger charge is 2.30. The van der Waals surface area contributed by atoms with Gasteiger partial charge in [-0.2, -0.15) is 4.31 Å². The molecule has 0 atom stereocenters. The van der Waals surface area contributed by atoms with Gasteiger partial charge in [0, 0.05) is 24.2 Å². The summed E-state index contributed by atoms with van der Waals surface area (Å²) in [6, 6.07) is 11.9. The number of hydrogen-bond donors (Lipinski definition) is 0. The Morgan fingerprint density at radius 3 is 2.27 bits per heavy atom. The highest BCUT2D eigenvalue weighted by Crippen LogP contribution is 2.32. The summed E-state index contributed by atoms with van der Waals surface area (Å²) in [6.07, 6.45) is 1.68. The van der Waals surface area contributed by atoms with Crippen LogP contribution >= 0.6 is 11.6 Å². The molecule has 2 aromatic carbocycles. The van der Waals surface area contributed by atoms with E-state index in [1.165, 1.54) is 10.4 Å². The molecule has 7 nitrogen and oxygen atoms in total. The Labute approximate surface area is 180 Å². The summed E-state index contributed by atoms with van der Waals surface area (Å²) in [6.45, 7) is 3.12. The maximum atomic E-state index is 13.1. The number of nitrogens with zero attached hydrogens (tertiary/aromatic N) is 3. The molecule has 0 spiro atoms. The molecular weight excluding hydrogens is 426 g/mol. The van der Waals surface area contributed by atoms with Crippen molar-refractivity contribution < 1.29 is 17.6 Å². The van der Waals surface area contributed by atoms with Crippen LogP contribution in [0.5, 0.6) is 5.75 Å². The summed E-state index contributed by atoms with van der Waals surface area (Å²) in [5.41, 5.74) is 1.23. The molecule has 0 aliphatic carbocycles. The van der Waals surface area contributed by atoms with Crippen LogP contribution in [0.4, 0.5) is 0 Å². The minimum Gasteiger partial charge on any atom is -0.497 e. The number of hydrogen-bond acceptors (Lipinski definition) is 6. The van der Waals surface area contributed by atoms with Crippen LogP contribution in [0.2, 0.25) is 5.02 Å². The summed E-state index contributed by atoms with van der Waals surface area (Å²) in [7, 11) is -2.11. The van der Waals surface area contributed by atoms with E-state index in [1.54, 1.807) is 31.4 Å². The van der Waals surface area contributed by atoms with Gasteiger partial charge in [0.2, 0.25) is 21.8 Å². The number of sulfonamides is 1. The molecule has 2 heterocycles. The largest absolute Gasteiger partial charge is 0.497 e. The van der Waals surface area contributed by atoms with Gasteiger partial charge >= 0.3 is 0 Å².